The van der Waals surface area contributed by atoms with Gasteiger partial charge >= 0.3 is 5.97 Å². The Morgan fingerprint density at radius 2 is 1.62 bits per heavy atom. The van der Waals surface area contributed by atoms with Gasteiger partial charge in [-0.15, -0.1) is 0 Å². The first-order valence-electron chi connectivity index (χ1n) is 23.9. The monoisotopic (exact) mass is 885 g/mol. The predicted octanol–water partition coefficient (Wildman–Crippen LogP) is 7.92. The SMILES string of the molecule is C=C/C=C/C=C(\C)[C@H](CC1CC[C@@H](C)C(C(=O)C(=O)N2CCCC[C@H]2C(=O)O[C@H](CCC2CCC(O)CC2)C[C@@H](O)[C@H](C)/C=C(\C)[C@@H](O)[C@@H](OC)C(=NC)[C@H](C)CC(C)C)O1)OC. The van der Waals surface area contributed by atoms with Gasteiger partial charge in [-0.3, -0.25) is 14.6 Å². The number of aliphatic hydroxyl groups is 3. The summed E-state index contributed by atoms with van der Waals surface area (Å²) in [5.41, 5.74) is 2.44. The van der Waals surface area contributed by atoms with E-state index in [0.29, 0.717) is 55.9 Å². The van der Waals surface area contributed by atoms with E-state index >= 15 is 0 Å². The third kappa shape index (κ3) is 16.7. The first kappa shape index (κ1) is 54.3. The lowest BCUT2D eigenvalue weighted by atomic mass is 9.83. The third-order valence-electron chi connectivity index (χ3n) is 13.7. The Morgan fingerprint density at radius 3 is 2.24 bits per heavy atom. The molecule has 1 aliphatic carbocycles. The summed E-state index contributed by atoms with van der Waals surface area (Å²) in [6, 6.07) is -0.933. The highest BCUT2D eigenvalue weighted by Gasteiger charge is 2.43. The second kappa shape index (κ2) is 27.5. The van der Waals surface area contributed by atoms with Crippen LogP contribution in [0.4, 0.5) is 0 Å². The summed E-state index contributed by atoms with van der Waals surface area (Å²) >= 11 is 0. The zero-order valence-corrected chi connectivity index (χ0v) is 40.4. The third-order valence-corrected chi connectivity index (χ3v) is 13.7. The number of carbonyl (C=O) groups excluding carboxylic acids is 3. The number of ether oxygens (including phenoxy) is 4. The highest BCUT2D eigenvalue weighted by Crippen LogP contribution is 2.33. The molecule has 2 aliphatic heterocycles. The first-order chi connectivity index (χ1) is 29.9. The number of methoxy groups -OCH3 is 2. The van der Waals surface area contributed by atoms with Crippen molar-refractivity contribution in [1.29, 1.82) is 0 Å². The van der Waals surface area contributed by atoms with Crippen LogP contribution in [0.25, 0.3) is 0 Å². The molecule has 0 spiro atoms. The van der Waals surface area contributed by atoms with Crippen molar-refractivity contribution in [3.05, 3.63) is 48.1 Å². The zero-order chi connectivity index (χ0) is 46.8. The van der Waals surface area contributed by atoms with Crippen molar-refractivity contribution in [3.63, 3.8) is 0 Å². The second-order valence-corrected chi connectivity index (χ2v) is 19.3. The molecule has 2 saturated heterocycles. The highest BCUT2D eigenvalue weighted by molar-refractivity contribution is 6.38. The van der Waals surface area contributed by atoms with E-state index in [1.807, 2.05) is 52.0 Å². The number of carbonyl (C=O) groups is 3. The molecule has 0 radical (unpaired) electrons. The number of hydrogen-bond donors (Lipinski definition) is 3. The van der Waals surface area contributed by atoms with Gasteiger partial charge in [-0.25, -0.2) is 4.79 Å². The summed E-state index contributed by atoms with van der Waals surface area (Å²) in [6.07, 6.45) is 13.6. The largest absolute Gasteiger partial charge is 0.461 e. The van der Waals surface area contributed by atoms with Crippen LogP contribution in [0.3, 0.4) is 0 Å². The molecular formula is C51H84N2O10. The number of allylic oxidation sites excluding steroid dienone is 4. The van der Waals surface area contributed by atoms with Gasteiger partial charge in [0.2, 0.25) is 5.78 Å². The molecule has 2 heterocycles. The summed E-state index contributed by atoms with van der Waals surface area (Å²) in [6.45, 7) is 18.0. The molecule has 3 N–H and O–H groups in total. The van der Waals surface area contributed by atoms with Gasteiger partial charge in [0.05, 0.1) is 24.4 Å². The molecule has 3 aliphatic rings. The van der Waals surface area contributed by atoms with Crippen molar-refractivity contribution in [2.24, 2.45) is 34.6 Å². The van der Waals surface area contributed by atoms with Gasteiger partial charge in [-0.1, -0.05) is 71.6 Å². The fraction of sp³-hybridized carbons (Fsp3) is 0.765. The van der Waals surface area contributed by atoms with E-state index < -0.39 is 60.1 Å². The van der Waals surface area contributed by atoms with Crippen molar-refractivity contribution in [2.75, 3.05) is 27.8 Å². The number of amides is 1. The number of nitrogens with zero attached hydrogens (tertiary/aromatic N) is 2. The van der Waals surface area contributed by atoms with Gasteiger partial charge in [0, 0.05) is 52.3 Å². The van der Waals surface area contributed by atoms with E-state index in [1.165, 1.54) is 4.90 Å². The van der Waals surface area contributed by atoms with Crippen LogP contribution in [-0.4, -0.2) is 126 Å². The Kier molecular flexibility index (Phi) is 23.7. The first-order valence-corrected chi connectivity index (χ1v) is 23.9. The lowest BCUT2D eigenvalue weighted by Crippen LogP contribution is -2.55. The maximum Gasteiger partial charge on any atom is 0.329 e. The quantitative estimate of drug-likeness (QED) is 0.0285. The molecule has 2 unspecified atom stereocenters. The Labute approximate surface area is 379 Å². The standard InChI is InChI=1S/C51H84N2O10/c1-12-13-14-17-33(4)44(60-10)31-41-25-19-34(5)48(62-41)47(57)50(58)53-27-16-15-18-42(53)51(59)63-40(26-22-38-20-23-39(54)24-21-38)30-43(55)35(6)29-37(8)46(56)49(61-11)45(52-9)36(7)28-32(2)3/h12-14,17,29,32,34-36,38-44,46,48-49,54-56H,1,15-16,18-28,30-31H2,2-11H3/b14-13+,33-17+,37-29+,52-45?/t34-,35-,36-,38?,39?,40-,41?,42+,43-,44+,46-,48?,49+/m1/s1. The number of aliphatic hydroxyl groups excluding tert-OH is 3. The molecule has 3 fully saturated rings. The van der Waals surface area contributed by atoms with Crippen molar-refractivity contribution >= 4 is 23.4 Å². The number of rotatable bonds is 24. The van der Waals surface area contributed by atoms with E-state index in [-0.39, 0.29) is 43.1 Å². The molecule has 0 aromatic rings. The van der Waals surface area contributed by atoms with Gasteiger partial charge < -0.3 is 39.2 Å². The van der Waals surface area contributed by atoms with Gasteiger partial charge in [-0.2, -0.15) is 0 Å². The Morgan fingerprint density at radius 1 is 0.921 bits per heavy atom. The fourth-order valence-electron chi connectivity index (χ4n) is 9.82. The molecule has 0 aromatic carbocycles. The number of aliphatic imine (C=N–C) groups is 1. The van der Waals surface area contributed by atoms with Crippen LogP contribution < -0.4 is 0 Å². The predicted molar refractivity (Wildman–Crippen MR) is 249 cm³/mol. The van der Waals surface area contributed by atoms with Crippen LogP contribution in [-0.2, 0) is 33.3 Å². The van der Waals surface area contributed by atoms with Crippen LogP contribution >= 0.6 is 0 Å². The number of ketones is 1. The molecule has 0 bridgehead atoms. The Balaban J connectivity index is 1.77. The number of esters is 1. The summed E-state index contributed by atoms with van der Waals surface area (Å²) in [5.74, 6) is -1.60. The Bertz CT molecular complexity index is 1560. The Hall–Kier alpha value is -3.00. The van der Waals surface area contributed by atoms with E-state index in [1.54, 1.807) is 27.3 Å². The molecular weight excluding hydrogens is 801 g/mol. The van der Waals surface area contributed by atoms with Crippen molar-refractivity contribution in [3.8, 4) is 0 Å². The number of piperidine rings is 1. The number of Topliss-reactive ketones (excluding diaryl/α,β-unsaturated/α-hetero) is 1. The van der Waals surface area contributed by atoms with Crippen molar-refractivity contribution in [2.45, 2.75) is 193 Å². The topological polar surface area (TPSA) is 164 Å². The van der Waals surface area contributed by atoms with Gasteiger partial charge in [0.15, 0.2) is 0 Å². The average molecular weight is 885 g/mol. The number of likely N-dealkylation sites (tertiary alicyclic amines) is 1. The summed E-state index contributed by atoms with van der Waals surface area (Å²) in [5, 5.41) is 33.3. The van der Waals surface area contributed by atoms with Gasteiger partial charge in [-0.05, 0) is 126 Å². The summed E-state index contributed by atoms with van der Waals surface area (Å²) in [4.78, 5) is 48.3. The van der Waals surface area contributed by atoms with Crippen molar-refractivity contribution in [1.82, 2.24) is 4.90 Å². The van der Waals surface area contributed by atoms with Gasteiger partial charge in [0.1, 0.15) is 30.5 Å². The van der Waals surface area contributed by atoms with E-state index in [4.69, 9.17) is 18.9 Å². The molecule has 12 nitrogen and oxygen atoms in total. The molecule has 11 atom stereocenters. The zero-order valence-electron chi connectivity index (χ0n) is 40.4. The van der Waals surface area contributed by atoms with Gasteiger partial charge in [0.25, 0.3) is 5.91 Å². The minimum Gasteiger partial charge on any atom is -0.461 e. The molecule has 1 amide bonds. The van der Waals surface area contributed by atoms with Crippen LogP contribution in [0.5, 0.6) is 0 Å². The lowest BCUT2D eigenvalue weighted by Gasteiger charge is -2.38. The van der Waals surface area contributed by atoms with Crippen LogP contribution in [0.1, 0.15) is 138 Å². The lowest BCUT2D eigenvalue weighted by molar-refractivity contribution is -0.169. The van der Waals surface area contributed by atoms with Crippen molar-refractivity contribution < 1.29 is 48.7 Å². The molecule has 3 rings (SSSR count). The molecule has 358 valence electrons. The summed E-state index contributed by atoms with van der Waals surface area (Å²) < 4.78 is 24.2. The molecule has 1 saturated carbocycles. The summed E-state index contributed by atoms with van der Waals surface area (Å²) in [7, 11) is 4.94. The molecule has 63 heavy (non-hydrogen) atoms. The second-order valence-electron chi connectivity index (χ2n) is 19.3. The van der Waals surface area contributed by atoms with Crippen LogP contribution in [0.15, 0.2) is 53.1 Å². The maximum absolute atomic E-state index is 14.2. The normalized spacial score (nSPS) is 27.7. The van der Waals surface area contributed by atoms with Crippen LogP contribution in [0, 0.1) is 29.6 Å². The fourth-order valence-corrected chi connectivity index (χ4v) is 9.82. The van der Waals surface area contributed by atoms with E-state index in [2.05, 4.69) is 32.3 Å². The van der Waals surface area contributed by atoms with E-state index in [0.717, 1.165) is 56.2 Å². The minimum absolute atomic E-state index is 0.111. The minimum atomic E-state index is -0.975. The molecule has 12 heteroatoms. The number of hydrogen-bond acceptors (Lipinski definition) is 11. The van der Waals surface area contributed by atoms with E-state index in [9.17, 15) is 29.7 Å². The van der Waals surface area contributed by atoms with Crippen LogP contribution in [0.2, 0.25) is 0 Å². The smallest absolute Gasteiger partial charge is 0.329 e. The highest BCUT2D eigenvalue weighted by atomic mass is 16.5. The average Bonchev–Trinajstić information content (AvgIpc) is 3.26. The molecule has 0 aromatic heterocycles. The maximum atomic E-state index is 14.2.